The molecule has 0 atom stereocenters. The highest BCUT2D eigenvalue weighted by molar-refractivity contribution is 7.98. The minimum Gasteiger partial charge on any atom is -0.325 e. The van der Waals surface area contributed by atoms with Crippen molar-refractivity contribution in [3.05, 3.63) is 60.6 Å². The topological polar surface area (TPSA) is 46.4 Å². The van der Waals surface area contributed by atoms with Crippen molar-refractivity contribution in [2.75, 3.05) is 5.32 Å². The molecule has 2 aromatic heterocycles. The maximum Gasteiger partial charge on any atom is 0.224 e. The lowest BCUT2D eigenvalue weighted by atomic mass is 9.87. The number of pyridine rings is 1. The molecule has 1 amide bonds. The minimum atomic E-state index is 0.141. The first kappa shape index (κ1) is 18.1. The fourth-order valence-electron chi connectivity index (χ4n) is 3.76. The number of hydrogen-bond donors (Lipinski definition) is 1. The lowest BCUT2D eigenvalue weighted by molar-refractivity contribution is -0.117. The maximum absolute atomic E-state index is 12.5. The number of nitrogens with zero attached hydrogens (tertiary/aromatic N) is 2. The van der Waals surface area contributed by atoms with Crippen molar-refractivity contribution >= 4 is 29.0 Å². The van der Waals surface area contributed by atoms with E-state index in [0.29, 0.717) is 12.3 Å². The normalized spacial score (nSPS) is 15.1. The van der Waals surface area contributed by atoms with E-state index in [1.807, 2.05) is 47.0 Å². The first-order valence-electron chi connectivity index (χ1n) is 9.72. The summed E-state index contributed by atoms with van der Waals surface area (Å²) in [6, 6.07) is 14.1. The average molecular weight is 380 g/mol. The van der Waals surface area contributed by atoms with E-state index in [1.165, 1.54) is 32.1 Å². The zero-order valence-electron chi connectivity index (χ0n) is 15.4. The molecule has 3 aromatic rings. The number of hydrogen-bond acceptors (Lipinski definition) is 3. The predicted molar refractivity (Wildman–Crippen MR) is 111 cm³/mol. The number of benzene rings is 1. The summed E-state index contributed by atoms with van der Waals surface area (Å²) < 4.78 is 2.04. The largest absolute Gasteiger partial charge is 0.325 e. The van der Waals surface area contributed by atoms with Crippen LogP contribution in [-0.2, 0) is 10.5 Å². The quantitative estimate of drug-likeness (QED) is 0.572. The Bertz CT molecular complexity index is 882. The summed E-state index contributed by atoms with van der Waals surface area (Å²) in [5.41, 5.74) is 2.91. The summed E-state index contributed by atoms with van der Waals surface area (Å²) in [6.07, 6.45) is 11.0. The fourth-order valence-corrected chi connectivity index (χ4v) is 4.65. The van der Waals surface area contributed by atoms with E-state index in [4.69, 9.17) is 0 Å². The van der Waals surface area contributed by atoms with Gasteiger partial charge in [-0.2, -0.15) is 0 Å². The van der Waals surface area contributed by atoms with Gasteiger partial charge in [-0.25, -0.2) is 4.98 Å². The first-order chi connectivity index (χ1) is 13.3. The average Bonchev–Trinajstić information content (AvgIpc) is 3.11. The first-order valence-corrected chi connectivity index (χ1v) is 10.7. The summed E-state index contributed by atoms with van der Waals surface area (Å²) in [4.78, 5) is 18.2. The number of nitrogens with one attached hydrogen (secondary N) is 1. The van der Waals surface area contributed by atoms with Gasteiger partial charge in [-0.3, -0.25) is 4.79 Å². The van der Waals surface area contributed by atoms with Crippen LogP contribution in [0, 0.1) is 5.92 Å². The lowest BCUT2D eigenvalue weighted by Crippen LogP contribution is -2.18. The molecule has 4 rings (SSSR count). The van der Waals surface area contributed by atoms with Crippen molar-refractivity contribution in [1.29, 1.82) is 0 Å². The van der Waals surface area contributed by atoms with Gasteiger partial charge in [-0.1, -0.05) is 37.5 Å². The Hall–Kier alpha value is -2.27. The third kappa shape index (κ3) is 4.72. The number of fused-ring (bicyclic) bond motifs is 1. The highest BCUT2D eigenvalue weighted by Gasteiger charge is 2.17. The van der Waals surface area contributed by atoms with Crippen molar-refractivity contribution in [2.45, 2.75) is 49.2 Å². The third-order valence-corrected chi connectivity index (χ3v) is 6.26. The highest BCUT2D eigenvalue weighted by atomic mass is 32.2. The van der Waals surface area contributed by atoms with E-state index in [0.717, 1.165) is 27.7 Å². The summed E-state index contributed by atoms with van der Waals surface area (Å²) >= 11 is 1.71. The van der Waals surface area contributed by atoms with Crippen LogP contribution in [0.5, 0.6) is 0 Å². The minimum absolute atomic E-state index is 0.141. The van der Waals surface area contributed by atoms with Gasteiger partial charge < -0.3 is 9.72 Å². The molecule has 27 heavy (non-hydrogen) atoms. The molecule has 4 nitrogen and oxygen atoms in total. The van der Waals surface area contributed by atoms with Crippen LogP contribution in [0.3, 0.4) is 0 Å². The number of thioether (sulfide) groups is 1. The molecule has 1 aliphatic rings. The van der Waals surface area contributed by atoms with Gasteiger partial charge in [0.2, 0.25) is 5.91 Å². The van der Waals surface area contributed by atoms with Gasteiger partial charge in [0, 0.05) is 29.5 Å². The molecule has 140 valence electrons. The molecular weight excluding hydrogens is 354 g/mol. The van der Waals surface area contributed by atoms with Crippen LogP contribution >= 0.6 is 11.8 Å². The van der Waals surface area contributed by atoms with Gasteiger partial charge in [0.1, 0.15) is 5.65 Å². The third-order valence-electron chi connectivity index (χ3n) is 5.15. The Morgan fingerprint density at radius 3 is 2.78 bits per heavy atom. The molecule has 0 bridgehead atoms. The molecule has 1 fully saturated rings. The SMILES string of the molecule is O=C(CC1CCCCC1)Nc1ccccc1SCc1cn2ccccc2n1. The number of anilines is 1. The van der Waals surface area contributed by atoms with E-state index in [9.17, 15) is 4.79 Å². The zero-order valence-corrected chi connectivity index (χ0v) is 16.3. The number of imidazole rings is 1. The Morgan fingerprint density at radius 2 is 1.93 bits per heavy atom. The maximum atomic E-state index is 12.5. The van der Waals surface area contributed by atoms with Crippen molar-refractivity contribution in [3.63, 3.8) is 0 Å². The van der Waals surface area contributed by atoms with Gasteiger partial charge in [0.25, 0.3) is 0 Å². The van der Waals surface area contributed by atoms with E-state index in [1.54, 1.807) is 11.8 Å². The molecule has 0 aliphatic heterocycles. The summed E-state index contributed by atoms with van der Waals surface area (Å²) in [6.45, 7) is 0. The van der Waals surface area contributed by atoms with Gasteiger partial charge in [0.05, 0.1) is 11.4 Å². The number of rotatable bonds is 6. The number of carbonyl (C=O) groups is 1. The van der Waals surface area contributed by atoms with Crippen LogP contribution < -0.4 is 5.32 Å². The smallest absolute Gasteiger partial charge is 0.224 e. The standard InChI is InChI=1S/C22H25N3OS/c26-22(14-17-8-2-1-3-9-17)24-19-10-4-5-11-20(19)27-16-18-15-25-13-7-6-12-21(25)23-18/h4-7,10-13,15,17H,1-3,8-9,14,16H2,(H,24,26). The van der Waals surface area contributed by atoms with Crippen LogP contribution in [0.25, 0.3) is 5.65 Å². The van der Waals surface area contributed by atoms with E-state index in [-0.39, 0.29) is 5.91 Å². The van der Waals surface area contributed by atoms with E-state index in [2.05, 4.69) is 22.6 Å². The van der Waals surface area contributed by atoms with Gasteiger partial charge in [-0.15, -0.1) is 11.8 Å². The van der Waals surface area contributed by atoms with E-state index < -0.39 is 0 Å². The molecule has 0 saturated heterocycles. The second-order valence-corrected chi connectivity index (χ2v) is 8.26. The fraction of sp³-hybridized carbons (Fsp3) is 0.364. The second kappa shape index (κ2) is 8.61. The Balaban J connectivity index is 1.39. The summed E-state index contributed by atoms with van der Waals surface area (Å²) in [5.74, 6) is 1.47. The van der Waals surface area contributed by atoms with E-state index >= 15 is 0 Å². The molecular formula is C22H25N3OS. The molecule has 1 aliphatic carbocycles. The summed E-state index contributed by atoms with van der Waals surface area (Å²) in [7, 11) is 0. The van der Waals surface area contributed by atoms with Crippen LogP contribution in [0.2, 0.25) is 0 Å². The van der Waals surface area contributed by atoms with Crippen LogP contribution in [0.15, 0.2) is 59.8 Å². The highest BCUT2D eigenvalue weighted by Crippen LogP contribution is 2.31. The second-order valence-electron chi connectivity index (χ2n) is 7.24. The number of carbonyl (C=O) groups excluding carboxylic acids is 1. The molecule has 1 saturated carbocycles. The monoisotopic (exact) mass is 379 g/mol. The number of amides is 1. The number of para-hydroxylation sites is 1. The van der Waals surface area contributed by atoms with Gasteiger partial charge in [0.15, 0.2) is 0 Å². The van der Waals surface area contributed by atoms with Crippen molar-refractivity contribution in [3.8, 4) is 0 Å². The van der Waals surface area contributed by atoms with Crippen molar-refractivity contribution in [2.24, 2.45) is 5.92 Å². The molecule has 1 N–H and O–H groups in total. The predicted octanol–water partition coefficient (Wildman–Crippen LogP) is 5.54. The number of aromatic nitrogens is 2. The molecule has 5 heteroatoms. The van der Waals surface area contributed by atoms with Crippen LogP contribution in [0.4, 0.5) is 5.69 Å². The van der Waals surface area contributed by atoms with Crippen molar-refractivity contribution < 1.29 is 4.79 Å². The summed E-state index contributed by atoms with van der Waals surface area (Å²) in [5, 5.41) is 3.14. The van der Waals surface area contributed by atoms with Gasteiger partial charge in [-0.05, 0) is 43.0 Å². The molecule has 1 aromatic carbocycles. The molecule has 0 radical (unpaired) electrons. The lowest BCUT2D eigenvalue weighted by Gasteiger charge is -2.21. The zero-order chi connectivity index (χ0) is 18.5. The Labute approximate surface area is 164 Å². The molecule has 2 heterocycles. The Morgan fingerprint density at radius 1 is 1.11 bits per heavy atom. The molecule has 0 unspecified atom stereocenters. The van der Waals surface area contributed by atoms with Crippen molar-refractivity contribution in [1.82, 2.24) is 9.38 Å². The van der Waals surface area contributed by atoms with Gasteiger partial charge >= 0.3 is 0 Å². The molecule has 0 spiro atoms. The van der Waals surface area contributed by atoms with Crippen LogP contribution in [-0.4, -0.2) is 15.3 Å². The van der Waals surface area contributed by atoms with Crippen LogP contribution in [0.1, 0.15) is 44.2 Å². The Kier molecular flexibility index (Phi) is 5.78.